The van der Waals surface area contributed by atoms with Crippen LogP contribution >= 0.6 is 22.9 Å². The lowest BCUT2D eigenvalue weighted by Gasteiger charge is -2.24. The summed E-state index contributed by atoms with van der Waals surface area (Å²) in [4.78, 5) is 43.5. The topological polar surface area (TPSA) is 91.4 Å². The van der Waals surface area contributed by atoms with Gasteiger partial charge in [-0.1, -0.05) is 39.3 Å². The van der Waals surface area contributed by atoms with Gasteiger partial charge in [-0.25, -0.2) is 4.98 Å². The molecule has 0 radical (unpaired) electrons. The van der Waals surface area contributed by atoms with E-state index in [9.17, 15) is 14.4 Å². The smallest absolute Gasteiger partial charge is 0.254 e. The summed E-state index contributed by atoms with van der Waals surface area (Å²) in [7, 11) is 0. The third kappa shape index (κ3) is 8.24. The van der Waals surface area contributed by atoms with Gasteiger partial charge in [-0.15, -0.1) is 11.3 Å². The summed E-state index contributed by atoms with van der Waals surface area (Å²) >= 11 is 7.16. The van der Waals surface area contributed by atoms with Crippen molar-refractivity contribution in [3.8, 4) is 0 Å². The molecule has 1 aromatic heterocycles. The van der Waals surface area contributed by atoms with Gasteiger partial charge in [-0.3, -0.25) is 14.4 Å². The molecule has 1 aromatic carbocycles. The number of halogens is 1. The summed E-state index contributed by atoms with van der Waals surface area (Å²) in [6.07, 6.45) is 0.151. The molecule has 2 rings (SSSR count). The molecule has 0 spiro atoms. The lowest BCUT2D eigenvalue weighted by molar-refractivity contribution is -0.121. The van der Waals surface area contributed by atoms with Gasteiger partial charge in [0.25, 0.3) is 5.91 Å². The number of nitrogens with zero attached hydrogens (tertiary/aromatic N) is 2. The molecule has 7 nitrogen and oxygen atoms in total. The number of anilines is 1. The van der Waals surface area contributed by atoms with Crippen molar-refractivity contribution in [3.05, 3.63) is 45.9 Å². The molecule has 9 heteroatoms. The molecule has 2 N–H and O–H groups in total. The molecule has 0 saturated carbocycles. The van der Waals surface area contributed by atoms with Crippen molar-refractivity contribution < 1.29 is 14.4 Å². The quantitative estimate of drug-likeness (QED) is 0.534. The molecule has 0 aliphatic rings. The second kappa shape index (κ2) is 12.0. The zero-order valence-electron chi connectivity index (χ0n) is 19.1. The van der Waals surface area contributed by atoms with Gasteiger partial charge in [0.1, 0.15) is 6.54 Å². The fourth-order valence-corrected chi connectivity index (χ4v) is 3.70. The summed E-state index contributed by atoms with van der Waals surface area (Å²) < 4.78 is 0. The predicted molar refractivity (Wildman–Crippen MR) is 129 cm³/mol. The van der Waals surface area contributed by atoms with Gasteiger partial charge in [0.05, 0.1) is 12.1 Å². The molecule has 1 atom stereocenters. The Labute approximate surface area is 198 Å². The van der Waals surface area contributed by atoms with E-state index in [4.69, 9.17) is 11.6 Å². The van der Waals surface area contributed by atoms with Crippen LogP contribution in [0.1, 0.15) is 50.7 Å². The van der Waals surface area contributed by atoms with Gasteiger partial charge < -0.3 is 15.5 Å². The lowest BCUT2D eigenvalue weighted by Crippen LogP contribution is -2.40. The SMILES string of the molecule is CC(C)CN(CC(=O)Nc1nc(CC(=O)NC(C)C(C)C)cs1)C(=O)c1ccc(Cl)cc1. The summed E-state index contributed by atoms with van der Waals surface area (Å²) in [5, 5.41) is 8.37. The monoisotopic (exact) mass is 478 g/mol. The minimum absolute atomic E-state index is 0.0745. The van der Waals surface area contributed by atoms with Crippen molar-refractivity contribution in [2.24, 2.45) is 11.8 Å². The van der Waals surface area contributed by atoms with Gasteiger partial charge in [0.15, 0.2) is 5.13 Å². The second-order valence-corrected chi connectivity index (χ2v) is 9.85. The molecular weight excluding hydrogens is 448 g/mol. The summed E-state index contributed by atoms with van der Waals surface area (Å²) in [5.41, 5.74) is 1.07. The van der Waals surface area contributed by atoms with Gasteiger partial charge in [0.2, 0.25) is 11.8 Å². The maximum atomic E-state index is 12.9. The molecular formula is C23H31ClN4O3S. The van der Waals surface area contributed by atoms with Crippen molar-refractivity contribution in [3.63, 3.8) is 0 Å². The third-order valence-electron chi connectivity index (χ3n) is 4.83. The van der Waals surface area contributed by atoms with Gasteiger partial charge in [-0.05, 0) is 43.0 Å². The van der Waals surface area contributed by atoms with E-state index in [-0.39, 0.29) is 42.6 Å². The second-order valence-electron chi connectivity index (χ2n) is 8.56. The fourth-order valence-electron chi connectivity index (χ4n) is 2.85. The van der Waals surface area contributed by atoms with E-state index < -0.39 is 0 Å². The van der Waals surface area contributed by atoms with Gasteiger partial charge >= 0.3 is 0 Å². The number of hydrogen-bond donors (Lipinski definition) is 2. The Kier molecular flexibility index (Phi) is 9.65. The number of amides is 3. The van der Waals surface area contributed by atoms with Gasteiger partial charge in [-0.2, -0.15) is 0 Å². The first-order chi connectivity index (χ1) is 15.0. The Morgan fingerprint density at radius 3 is 2.31 bits per heavy atom. The van der Waals surface area contributed by atoms with Crippen LogP contribution in [0.15, 0.2) is 29.6 Å². The third-order valence-corrected chi connectivity index (χ3v) is 5.89. The van der Waals surface area contributed by atoms with Crippen LogP contribution in [0.25, 0.3) is 0 Å². The van der Waals surface area contributed by atoms with Crippen LogP contribution < -0.4 is 10.6 Å². The van der Waals surface area contributed by atoms with Crippen LogP contribution in [0.3, 0.4) is 0 Å². The van der Waals surface area contributed by atoms with Crippen LogP contribution in [0.4, 0.5) is 5.13 Å². The van der Waals surface area contributed by atoms with E-state index in [1.54, 1.807) is 29.6 Å². The molecule has 3 amide bonds. The molecule has 0 saturated heterocycles. The summed E-state index contributed by atoms with van der Waals surface area (Å²) in [5.74, 6) is -0.148. The highest BCUT2D eigenvalue weighted by atomic mass is 35.5. The number of carbonyl (C=O) groups excluding carboxylic acids is 3. The number of hydrogen-bond acceptors (Lipinski definition) is 5. The van der Waals surface area contributed by atoms with Crippen molar-refractivity contribution in [1.82, 2.24) is 15.2 Å². The Morgan fingerprint density at radius 2 is 1.72 bits per heavy atom. The largest absolute Gasteiger partial charge is 0.353 e. The Morgan fingerprint density at radius 1 is 1.06 bits per heavy atom. The van der Waals surface area contributed by atoms with Crippen molar-refractivity contribution >= 4 is 45.8 Å². The maximum absolute atomic E-state index is 12.9. The first-order valence-electron chi connectivity index (χ1n) is 10.6. The molecule has 0 aliphatic heterocycles. The first kappa shape index (κ1) is 25.8. The van der Waals surface area contributed by atoms with Crippen LogP contribution in [-0.4, -0.2) is 46.7 Å². The maximum Gasteiger partial charge on any atom is 0.254 e. The van der Waals surface area contributed by atoms with Crippen LogP contribution in [-0.2, 0) is 16.0 Å². The normalized spacial score (nSPS) is 12.0. The number of thiazole rings is 1. The molecule has 174 valence electrons. The Hall–Kier alpha value is -2.45. The van der Waals surface area contributed by atoms with E-state index >= 15 is 0 Å². The van der Waals surface area contributed by atoms with Gasteiger partial charge in [0, 0.05) is 28.6 Å². The Balaban J connectivity index is 1.97. The number of benzene rings is 1. The molecule has 1 unspecified atom stereocenters. The lowest BCUT2D eigenvalue weighted by atomic mass is 10.1. The van der Waals surface area contributed by atoms with E-state index in [2.05, 4.69) is 15.6 Å². The van der Waals surface area contributed by atoms with Crippen molar-refractivity contribution in [2.45, 2.75) is 47.1 Å². The van der Waals surface area contributed by atoms with Crippen LogP contribution in [0.2, 0.25) is 5.02 Å². The van der Waals surface area contributed by atoms with E-state index in [1.807, 2.05) is 34.6 Å². The van der Waals surface area contributed by atoms with E-state index in [1.165, 1.54) is 16.2 Å². The average molecular weight is 479 g/mol. The highest BCUT2D eigenvalue weighted by Crippen LogP contribution is 2.17. The highest BCUT2D eigenvalue weighted by molar-refractivity contribution is 7.13. The minimum atomic E-state index is -0.341. The number of aromatic nitrogens is 1. The predicted octanol–water partition coefficient (Wildman–Crippen LogP) is 4.24. The van der Waals surface area contributed by atoms with Crippen molar-refractivity contribution in [2.75, 3.05) is 18.4 Å². The van der Waals surface area contributed by atoms with Crippen molar-refractivity contribution in [1.29, 1.82) is 0 Å². The summed E-state index contributed by atoms with van der Waals surface area (Å²) in [6, 6.07) is 6.67. The molecule has 32 heavy (non-hydrogen) atoms. The standard InChI is InChI=1S/C23H31ClN4O3S/c1-14(2)11-28(22(31)17-6-8-18(24)9-7-17)12-21(30)27-23-26-19(13-32-23)10-20(29)25-16(5)15(3)4/h6-9,13-16H,10-12H2,1-5H3,(H,25,29)(H,26,27,30). The van der Waals surface area contributed by atoms with Crippen LogP contribution in [0.5, 0.6) is 0 Å². The summed E-state index contributed by atoms with van der Waals surface area (Å²) in [6.45, 7) is 10.4. The number of carbonyl (C=O) groups is 3. The van der Waals surface area contributed by atoms with E-state index in [0.29, 0.717) is 33.9 Å². The molecule has 0 fully saturated rings. The first-order valence-corrected chi connectivity index (χ1v) is 11.9. The highest BCUT2D eigenvalue weighted by Gasteiger charge is 2.21. The van der Waals surface area contributed by atoms with Crippen LogP contribution in [0, 0.1) is 11.8 Å². The molecule has 2 aromatic rings. The zero-order valence-corrected chi connectivity index (χ0v) is 20.7. The number of rotatable bonds is 10. The fraction of sp³-hybridized carbons (Fsp3) is 0.478. The zero-order chi connectivity index (χ0) is 23.8. The molecule has 0 aliphatic carbocycles. The average Bonchev–Trinajstić information content (AvgIpc) is 3.13. The molecule has 0 bridgehead atoms. The Bertz CT molecular complexity index is 928. The van der Waals surface area contributed by atoms with E-state index in [0.717, 1.165) is 0 Å². The minimum Gasteiger partial charge on any atom is -0.353 e. The molecule has 1 heterocycles. The number of nitrogens with one attached hydrogen (secondary N) is 2.